The van der Waals surface area contributed by atoms with Gasteiger partial charge in [-0.15, -0.1) is 0 Å². The zero-order valence-corrected chi connectivity index (χ0v) is 7.00. The van der Waals surface area contributed by atoms with E-state index in [9.17, 15) is 4.39 Å². The highest BCUT2D eigenvalue weighted by atomic mass is 19.1. The van der Waals surface area contributed by atoms with Crippen molar-refractivity contribution < 1.29 is 4.39 Å². The Morgan fingerprint density at radius 3 is 3.15 bits per heavy atom. The first-order valence-electron chi connectivity index (χ1n) is 4.29. The normalized spacial score (nSPS) is 13.9. The maximum Gasteiger partial charge on any atom is 0.124 e. The molecule has 0 saturated heterocycles. The lowest BCUT2D eigenvalue weighted by Crippen LogP contribution is -1.98. The van der Waals surface area contributed by atoms with Gasteiger partial charge in [0.15, 0.2) is 0 Å². The quantitative estimate of drug-likeness (QED) is 0.577. The van der Waals surface area contributed by atoms with E-state index in [-0.39, 0.29) is 5.82 Å². The molecule has 64 valence electrons. The molecule has 0 bridgehead atoms. The van der Waals surface area contributed by atoms with Crippen LogP contribution in [0.3, 0.4) is 0 Å². The minimum Gasteiger partial charge on any atom is -0.343 e. The smallest absolute Gasteiger partial charge is 0.124 e. The summed E-state index contributed by atoms with van der Waals surface area (Å²) >= 11 is 0. The van der Waals surface area contributed by atoms with Gasteiger partial charge in [-0.2, -0.15) is 0 Å². The lowest BCUT2D eigenvalue weighted by molar-refractivity contribution is 0.629. The Morgan fingerprint density at radius 2 is 2.23 bits per heavy atom. The number of aromatic nitrogens is 1. The number of nitrogens with zero attached hydrogens (tertiary/aromatic N) is 1. The Labute approximate surface area is 75.1 Å². The van der Waals surface area contributed by atoms with Crippen molar-refractivity contribution in [2.45, 2.75) is 6.54 Å². The summed E-state index contributed by atoms with van der Waals surface area (Å²) in [6.45, 7) is 0.891. The lowest BCUT2D eigenvalue weighted by atomic mass is 10.1. The van der Waals surface area contributed by atoms with Gasteiger partial charge in [-0.25, -0.2) is 4.39 Å². The van der Waals surface area contributed by atoms with Crippen LogP contribution in [0.2, 0.25) is 0 Å². The molecule has 1 nitrogen and oxygen atoms in total. The van der Waals surface area contributed by atoms with Crippen LogP contribution in [0.1, 0.15) is 5.56 Å². The van der Waals surface area contributed by atoms with Crippen molar-refractivity contribution in [3.05, 3.63) is 41.9 Å². The van der Waals surface area contributed by atoms with Crippen LogP contribution in [0.25, 0.3) is 17.0 Å². The molecule has 0 aliphatic carbocycles. The monoisotopic (exact) mass is 173 g/mol. The molecule has 0 N–H and O–H groups in total. The molecule has 2 heterocycles. The fourth-order valence-corrected chi connectivity index (χ4v) is 1.92. The van der Waals surface area contributed by atoms with E-state index in [1.807, 2.05) is 24.4 Å². The number of halogens is 1. The predicted molar refractivity (Wildman–Crippen MR) is 50.9 cm³/mol. The number of hydrogen-bond acceptors (Lipinski definition) is 0. The lowest BCUT2D eigenvalue weighted by Gasteiger charge is -2.09. The van der Waals surface area contributed by atoms with Crippen LogP contribution in [0.4, 0.5) is 4.39 Å². The van der Waals surface area contributed by atoms with Crippen LogP contribution < -0.4 is 0 Å². The van der Waals surface area contributed by atoms with E-state index in [0.29, 0.717) is 0 Å². The molecular weight excluding hydrogens is 165 g/mol. The second-order valence-electron chi connectivity index (χ2n) is 3.30. The van der Waals surface area contributed by atoms with E-state index in [4.69, 9.17) is 0 Å². The Balaban J connectivity index is 2.53. The Morgan fingerprint density at radius 1 is 1.31 bits per heavy atom. The summed E-state index contributed by atoms with van der Waals surface area (Å²) < 4.78 is 15.2. The third-order valence-corrected chi connectivity index (χ3v) is 2.45. The topological polar surface area (TPSA) is 4.93 Å². The van der Waals surface area contributed by atoms with E-state index in [2.05, 4.69) is 4.57 Å². The van der Waals surface area contributed by atoms with Gasteiger partial charge in [0, 0.05) is 23.7 Å². The van der Waals surface area contributed by atoms with Gasteiger partial charge in [0.05, 0.1) is 5.52 Å². The van der Waals surface area contributed by atoms with Crippen molar-refractivity contribution >= 4 is 17.0 Å². The Hall–Kier alpha value is -1.57. The van der Waals surface area contributed by atoms with Gasteiger partial charge in [-0.1, -0.05) is 12.2 Å². The van der Waals surface area contributed by atoms with Gasteiger partial charge in [-0.05, 0) is 18.2 Å². The van der Waals surface area contributed by atoms with Gasteiger partial charge < -0.3 is 4.57 Å². The van der Waals surface area contributed by atoms with E-state index < -0.39 is 0 Å². The van der Waals surface area contributed by atoms with E-state index in [0.717, 1.165) is 23.0 Å². The third-order valence-electron chi connectivity index (χ3n) is 2.45. The maximum absolute atomic E-state index is 13.1. The highest BCUT2D eigenvalue weighted by Gasteiger charge is 2.09. The van der Waals surface area contributed by atoms with Crippen molar-refractivity contribution in [2.24, 2.45) is 0 Å². The van der Waals surface area contributed by atoms with Crippen molar-refractivity contribution in [3.63, 3.8) is 0 Å². The molecule has 0 unspecified atom stereocenters. The van der Waals surface area contributed by atoms with Crippen LogP contribution in [0, 0.1) is 5.82 Å². The molecule has 1 aromatic carbocycles. The molecule has 1 aliphatic heterocycles. The van der Waals surface area contributed by atoms with Crippen molar-refractivity contribution in [1.82, 2.24) is 4.57 Å². The second kappa shape index (κ2) is 2.22. The SMILES string of the molecule is Fc1cc2c3c(ccn3CC=C2)c1. The van der Waals surface area contributed by atoms with Gasteiger partial charge in [-0.3, -0.25) is 0 Å². The average Bonchev–Trinajstić information content (AvgIpc) is 2.50. The first-order valence-corrected chi connectivity index (χ1v) is 4.29. The fraction of sp³-hybridized carbons (Fsp3) is 0.0909. The average molecular weight is 173 g/mol. The van der Waals surface area contributed by atoms with Gasteiger partial charge in [0.1, 0.15) is 5.82 Å². The van der Waals surface area contributed by atoms with Crippen LogP contribution in [0.15, 0.2) is 30.5 Å². The molecule has 0 spiro atoms. The molecule has 0 amide bonds. The minimum atomic E-state index is -0.160. The zero-order valence-electron chi connectivity index (χ0n) is 7.00. The van der Waals surface area contributed by atoms with Gasteiger partial charge in [0.2, 0.25) is 0 Å². The summed E-state index contributed by atoms with van der Waals surface area (Å²) in [7, 11) is 0. The van der Waals surface area contributed by atoms with E-state index in [1.165, 1.54) is 0 Å². The molecule has 1 aliphatic rings. The number of rotatable bonds is 0. The van der Waals surface area contributed by atoms with E-state index >= 15 is 0 Å². The molecule has 13 heavy (non-hydrogen) atoms. The molecule has 2 heteroatoms. The first-order chi connectivity index (χ1) is 6.34. The van der Waals surface area contributed by atoms with Crippen LogP contribution in [-0.4, -0.2) is 4.57 Å². The molecule has 0 atom stereocenters. The van der Waals surface area contributed by atoms with Gasteiger partial charge >= 0.3 is 0 Å². The Kier molecular flexibility index (Phi) is 1.18. The highest BCUT2D eigenvalue weighted by molar-refractivity contribution is 5.89. The minimum absolute atomic E-state index is 0.160. The van der Waals surface area contributed by atoms with Crippen LogP contribution in [-0.2, 0) is 6.54 Å². The summed E-state index contributed by atoms with van der Waals surface area (Å²) in [4.78, 5) is 0. The fourth-order valence-electron chi connectivity index (χ4n) is 1.92. The molecule has 0 fully saturated rings. The van der Waals surface area contributed by atoms with Crippen LogP contribution in [0.5, 0.6) is 0 Å². The van der Waals surface area contributed by atoms with Crippen molar-refractivity contribution in [3.8, 4) is 0 Å². The number of allylic oxidation sites excluding steroid dienone is 1. The largest absolute Gasteiger partial charge is 0.343 e. The molecular formula is C11H8FN. The second-order valence-corrected chi connectivity index (χ2v) is 3.30. The van der Waals surface area contributed by atoms with Crippen LogP contribution >= 0.6 is 0 Å². The zero-order chi connectivity index (χ0) is 8.84. The highest BCUT2D eigenvalue weighted by Crippen LogP contribution is 2.25. The molecule has 2 aromatic rings. The summed E-state index contributed by atoms with van der Waals surface area (Å²) in [5, 5.41) is 0.986. The summed E-state index contributed by atoms with van der Waals surface area (Å²) in [6.07, 6.45) is 6.02. The van der Waals surface area contributed by atoms with Crippen molar-refractivity contribution in [1.29, 1.82) is 0 Å². The maximum atomic E-state index is 13.1. The van der Waals surface area contributed by atoms with Crippen molar-refractivity contribution in [2.75, 3.05) is 0 Å². The summed E-state index contributed by atoms with van der Waals surface area (Å²) in [5.41, 5.74) is 2.12. The first kappa shape index (κ1) is 6.89. The molecule has 3 rings (SSSR count). The van der Waals surface area contributed by atoms with Gasteiger partial charge in [0.25, 0.3) is 0 Å². The predicted octanol–water partition coefficient (Wildman–Crippen LogP) is 2.81. The summed E-state index contributed by atoms with van der Waals surface area (Å²) in [5.74, 6) is -0.160. The van der Waals surface area contributed by atoms with E-state index in [1.54, 1.807) is 12.1 Å². The molecule has 0 saturated carbocycles. The Bertz CT molecular complexity index is 508. The molecule has 0 radical (unpaired) electrons. The third kappa shape index (κ3) is 0.856. The standard InChI is InChI=1S/C11H8FN/c12-10-6-8-2-1-4-13-5-3-9(7-10)11(8)13/h1-3,5-7H,4H2. The number of benzene rings is 1. The number of hydrogen-bond donors (Lipinski definition) is 0. The summed E-state index contributed by atoms with van der Waals surface area (Å²) in [6, 6.07) is 5.11. The molecule has 1 aromatic heterocycles.